The van der Waals surface area contributed by atoms with Gasteiger partial charge in [0.15, 0.2) is 0 Å². The van der Waals surface area contributed by atoms with E-state index in [4.69, 9.17) is 4.52 Å². The van der Waals surface area contributed by atoms with Crippen LogP contribution in [0.2, 0.25) is 0 Å². The molecular weight excluding hydrogens is 248 g/mol. The van der Waals surface area contributed by atoms with Crippen molar-refractivity contribution in [2.45, 2.75) is 40.2 Å². The van der Waals surface area contributed by atoms with Crippen LogP contribution < -0.4 is 5.32 Å². The fourth-order valence-corrected chi connectivity index (χ4v) is 1.76. The highest BCUT2D eigenvalue weighted by Crippen LogP contribution is 2.13. The smallest absolute Gasteiger partial charge is 0.328 e. The Morgan fingerprint density at radius 1 is 1.37 bits per heavy atom. The highest BCUT2D eigenvalue weighted by atomic mass is 16.5. The maximum atomic E-state index is 12.0. The van der Waals surface area contributed by atoms with Gasteiger partial charge in [-0.05, 0) is 19.8 Å². The monoisotopic (exact) mass is 268 g/mol. The fraction of sp³-hybridized carbons (Fsp3) is 0.615. The van der Waals surface area contributed by atoms with Gasteiger partial charge in [0.2, 0.25) is 5.91 Å². The summed E-state index contributed by atoms with van der Waals surface area (Å²) in [6.45, 7) is 7.22. The van der Waals surface area contributed by atoms with Gasteiger partial charge >= 0.3 is 5.97 Å². The van der Waals surface area contributed by atoms with Crippen LogP contribution in [0, 0.1) is 19.8 Å². The third-order valence-corrected chi connectivity index (χ3v) is 2.96. The number of nitrogens with zero attached hydrogens (tertiary/aromatic N) is 1. The Hall–Kier alpha value is -1.85. The predicted octanol–water partition coefficient (Wildman–Crippen LogP) is 1.15. The van der Waals surface area contributed by atoms with Crippen molar-refractivity contribution in [1.29, 1.82) is 0 Å². The topological polar surface area (TPSA) is 81.4 Å². The van der Waals surface area contributed by atoms with Crippen LogP contribution in [-0.2, 0) is 20.7 Å². The van der Waals surface area contributed by atoms with Crippen LogP contribution in [0.1, 0.15) is 30.9 Å². The molecule has 1 aromatic heterocycles. The Morgan fingerprint density at radius 2 is 2.00 bits per heavy atom. The molecule has 0 spiro atoms. The molecule has 0 radical (unpaired) electrons. The van der Waals surface area contributed by atoms with Crippen LogP contribution in [0.3, 0.4) is 0 Å². The van der Waals surface area contributed by atoms with Crippen molar-refractivity contribution < 1.29 is 18.8 Å². The Balaban J connectivity index is 2.71. The first-order valence-electron chi connectivity index (χ1n) is 6.15. The molecule has 1 aromatic rings. The number of aryl methyl sites for hydroxylation is 2. The zero-order chi connectivity index (χ0) is 14.6. The van der Waals surface area contributed by atoms with Gasteiger partial charge < -0.3 is 14.6 Å². The lowest BCUT2D eigenvalue weighted by Gasteiger charge is -2.19. The van der Waals surface area contributed by atoms with Crippen LogP contribution >= 0.6 is 0 Å². The predicted molar refractivity (Wildman–Crippen MR) is 68.5 cm³/mol. The average Bonchev–Trinajstić information content (AvgIpc) is 2.66. The Bertz CT molecular complexity index is 446. The molecule has 1 atom stereocenters. The van der Waals surface area contributed by atoms with E-state index in [1.807, 2.05) is 13.8 Å². The summed E-state index contributed by atoms with van der Waals surface area (Å²) in [6, 6.07) is -0.641. The van der Waals surface area contributed by atoms with Crippen LogP contribution in [0.5, 0.6) is 0 Å². The number of hydrogen-bond acceptors (Lipinski definition) is 5. The molecule has 0 bridgehead atoms. The number of esters is 1. The van der Waals surface area contributed by atoms with E-state index in [-0.39, 0.29) is 18.2 Å². The second kappa shape index (κ2) is 6.36. The van der Waals surface area contributed by atoms with Crippen molar-refractivity contribution in [3.8, 4) is 0 Å². The van der Waals surface area contributed by atoms with E-state index in [2.05, 4.69) is 15.2 Å². The zero-order valence-electron chi connectivity index (χ0n) is 11.9. The van der Waals surface area contributed by atoms with Crippen LogP contribution in [0.25, 0.3) is 0 Å². The number of ether oxygens (including phenoxy) is 1. The molecule has 1 rings (SSSR count). The molecule has 1 heterocycles. The zero-order valence-corrected chi connectivity index (χ0v) is 11.9. The number of aromatic nitrogens is 1. The molecule has 6 heteroatoms. The molecular formula is C13H20N2O4. The second-order valence-corrected chi connectivity index (χ2v) is 4.79. The Kier molecular flexibility index (Phi) is 5.09. The lowest BCUT2D eigenvalue weighted by Crippen LogP contribution is -2.45. The lowest BCUT2D eigenvalue weighted by molar-refractivity contribution is -0.146. The van der Waals surface area contributed by atoms with Crippen molar-refractivity contribution in [2.75, 3.05) is 7.11 Å². The van der Waals surface area contributed by atoms with Gasteiger partial charge in [-0.1, -0.05) is 19.0 Å². The third kappa shape index (κ3) is 3.81. The molecule has 0 aliphatic heterocycles. The van der Waals surface area contributed by atoms with Crippen molar-refractivity contribution in [1.82, 2.24) is 10.5 Å². The number of rotatable bonds is 5. The van der Waals surface area contributed by atoms with Gasteiger partial charge in [0.05, 0.1) is 19.2 Å². The minimum absolute atomic E-state index is 0.0407. The number of amides is 1. The molecule has 1 amide bonds. The SMILES string of the molecule is COC(=O)C(NC(=O)Cc1c(C)noc1C)C(C)C. The van der Waals surface area contributed by atoms with Crippen LogP contribution in [0.4, 0.5) is 0 Å². The Labute approximate surface area is 112 Å². The number of methoxy groups -OCH3 is 1. The molecule has 19 heavy (non-hydrogen) atoms. The first-order valence-corrected chi connectivity index (χ1v) is 6.15. The summed E-state index contributed by atoms with van der Waals surface area (Å²) in [7, 11) is 1.30. The quantitative estimate of drug-likeness (QED) is 0.810. The second-order valence-electron chi connectivity index (χ2n) is 4.79. The molecule has 0 saturated carbocycles. The van der Waals surface area contributed by atoms with E-state index in [1.54, 1.807) is 13.8 Å². The summed E-state index contributed by atoms with van der Waals surface area (Å²) in [5.74, 6) is -0.117. The number of nitrogens with one attached hydrogen (secondary N) is 1. The summed E-state index contributed by atoms with van der Waals surface area (Å²) in [5.41, 5.74) is 1.44. The van der Waals surface area contributed by atoms with Gasteiger partial charge in [-0.3, -0.25) is 4.79 Å². The largest absolute Gasteiger partial charge is 0.467 e. The van der Waals surface area contributed by atoms with Gasteiger partial charge in [0.1, 0.15) is 11.8 Å². The molecule has 0 saturated heterocycles. The van der Waals surface area contributed by atoms with E-state index < -0.39 is 12.0 Å². The normalized spacial score (nSPS) is 12.3. The average molecular weight is 268 g/mol. The van der Waals surface area contributed by atoms with Crippen molar-refractivity contribution >= 4 is 11.9 Å². The maximum absolute atomic E-state index is 12.0. The first kappa shape index (κ1) is 15.2. The molecule has 0 aromatic carbocycles. The number of hydrogen-bond donors (Lipinski definition) is 1. The summed E-state index contributed by atoms with van der Waals surface area (Å²) < 4.78 is 9.67. The molecule has 1 unspecified atom stereocenters. The number of carbonyl (C=O) groups excluding carboxylic acids is 2. The minimum Gasteiger partial charge on any atom is -0.467 e. The van der Waals surface area contributed by atoms with Gasteiger partial charge in [-0.15, -0.1) is 0 Å². The third-order valence-electron chi connectivity index (χ3n) is 2.96. The van der Waals surface area contributed by atoms with E-state index >= 15 is 0 Å². The minimum atomic E-state index is -0.641. The Morgan fingerprint density at radius 3 is 2.42 bits per heavy atom. The first-order chi connectivity index (χ1) is 8.86. The molecule has 106 valence electrons. The van der Waals surface area contributed by atoms with Crippen LogP contribution in [-0.4, -0.2) is 30.2 Å². The highest BCUT2D eigenvalue weighted by molar-refractivity contribution is 5.85. The van der Waals surface area contributed by atoms with E-state index in [1.165, 1.54) is 7.11 Å². The number of carbonyl (C=O) groups is 2. The fourth-order valence-electron chi connectivity index (χ4n) is 1.76. The van der Waals surface area contributed by atoms with Crippen LogP contribution in [0.15, 0.2) is 4.52 Å². The van der Waals surface area contributed by atoms with Crippen molar-refractivity contribution in [3.63, 3.8) is 0 Å². The summed E-state index contributed by atoms with van der Waals surface area (Å²) in [5, 5.41) is 6.47. The molecule has 0 aliphatic carbocycles. The molecule has 0 fully saturated rings. The van der Waals surface area contributed by atoms with Gasteiger partial charge in [0, 0.05) is 5.56 Å². The standard InChI is InChI=1S/C13H20N2O4/c1-7(2)12(13(17)18-5)14-11(16)6-10-8(3)15-19-9(10)4/h7,12H,6H2,1-5H3,(H,14,16). The van der Waals surface area contributed by atoms with Gasteiger partial charge in [0.25, 0.3) is 0 Å². The maximum Gasteiger partial charge on any atom is 0.328 e. The molecule has 1 N–H and O–H groups in total. The lowest BCUT2D eigenvalue weighted by atomic mass is 10.0. The van der Waals surface area contributed by atoms with E-state index in [0.717, 1.165) is 5.56 Å². The van der Waals surface area contributed by atoms with Gasteiger partial charge in [-0.25, -0.2) is 4.79 Å². The van der Waals surface area contributed by atoms with E-state index in [9.17, 15) is 9.59 Å². The summed E-state index contributed by atoms with van der Waals surface area (Å²) >= 11 is 0. The van der Waals surface area contributed by atoms with Crippen molar-refractivity contribution in [3.05, 3.63) is 17.0 Å². The molecule has 6 nitrogen and oxygen atoms in total. The summed E-state index contributed by atoms with van der Waals surface area (Å²) in [6.07, 6.45) is 0.140. The van der Waals surface area contributed by atoms with Gasteiger partial charge in [-0.2, -0.15) is 0 Å². The summed E-state index contributed by atoms with van der Waals surface area (Å²) in [4.78, 5) is 23.5. The van der Waals surface area contributed by atoms with E-state index in [0.29, 0.717) is 11.5 Å². The molecule has 0 aliphatic rings. The highest BCUT2D eigenvalue weighted by Gasteiger charge is 2.25. The van der Waals surface area contributed by atoms with Crippen molar-refractivity contribution in [2.24, 2.45) is 5.92 Å².